The Morgan fingerprint density at radius 2 is 1.41 bits per heavy atom. The van der Waals surface area contributed by atoms with Crippen LogP contribution in [0.15, 0.2) is 118 Å². The van der Waals surface area contributed by atoms with Crippen molar-refractivity contribution in [2.24, 2.45) is 0 Å². The number of fused-ring (bicyclic) bond motifs is 1. The molecule has 3 aromatic carbocycles. The zero-order valence-corrected chi connectivity index (χ0v) is 27.7. The minimum atomic E-state index is -1.59. The van der Waals surface area contributed by atoms with E-state index in [0.29, 0.717) is 16.7 Å². The number of esters is 3. The summed E-state index contributed by atoms with van der Waals surface area (Å²) >= 11 is 1.23. The molecule has 1 fully saturated rings. The van der Waals surface area contributed by atoms with Crippen LogP contribution in [0.5, 0.6) is 0 Å². The van der Waals surface area contributed by atoms with Gasteiger partial charge in [-0.15, -0.1) is 11.8 Å². The molecule has 2 aliphatic heterocycles. The number of rotatable bonds is 11. The summed E-state index contributed by atoms with van der Waals surface area (Å²) in [5.74, 6) is -3.94. The SMILES string of the molecule is CC(=O)OCC1=C(C(=O)OC(c2ccccc2)c2ccccc2)N2C(=O)[C@H](NC(=O)C(OC(=O)c3cc(=O)[nH]c(=O)[nH]3)c3ccccc3)[C@H]2SC1. The van der Waals surface area contributed by atoms with Crippen molar-refractivity contribution in [2.45, 2.75) is 30.5 Å². The quantitative estimate of drug-likeness (QED) is 0.118. The molecule has 260 valence electrons. The molecule has 2 amide bonds. The van der Waals surface area contributed by atoms with Crippen LogP contribution in [0, 0.1) is 0 Å². The number of thioether (sulfide) groups is 1. The highest BCUT2D eigenvalue weighted by Gasteiger charge is 2.55. The van der Waals surface area contributed by atoms with Crippen molar-refractivity contribution in [1.82, 2.24) is 20.2 Å². The number of hydrogen-bond donors (Lipinski definition) is 3. The van der Waals surface area contributed by atoms with E-state index in [1.54, 1.807) is 18.2 Å². The lowest BCUT2D eigenvalue weighted by atomic mass is 10.00. The second-order valence-corrected chi connectivity index (χ2v) is 12.5. The molecule has 0 saturated carbocycles. The van der Waals surface area contributed by atoms with Gasteiger partial charge in [0.2, 0.25) is 6.10 Å². The number of amides is 2. The van der Waals surface area contributed by atoms with Gasteiger partial charge in [-0.1, -0.05) is 91.0 Å². The number of aromatic nitrogens is 2. The van der Waals surface area contributed by atoms with E-state index in [1.165, 1.54) is 35.7 Å². The smallest absolute Gasteiger partial charge is 0.356 e. The summed E-state index contributed by atoms with van der Waals surface area (Å²) in [5.41, 5.74) is -0.415. The highest BCUT2D eigenvalue weighted by atomic mass is 32.2. The molecule has 51 heavy (non-hydrogen) atoms. The average molecular weight is 711 g/mol. The number of nitrogens with zero attached hydrogens (tertiary/aromatic N) is 1. The Kier molecular flexibility index (Phi) is 10.3. The molecule has 0 bridgehead atoms. The highest BCUT2D eigenvalue weighted by molar-refractivity contribution is 8.00. The van der Waals surface area contributed by atoms with E-state index in [1.807, 2.05) is 65.6 Å². The van der Waals surface area contributed by atoms with Crippen molar-refractivity contribution in [2.75, 3.05) is 12.4 Å². The molecule has 2 aliphatic rings. The molecule has 0 radical (unpaired) electrons. The molecule has 14 nitrogen and oxygen atoms in total. The van der Waals surface area contributed by atoms with Crippen LogP contribution in [0.25, 0.3) is 0 Å². The Bertz CT molecular complexity index is 2050. The number of benzene rings is 3. The lowest BCUT2D eigenvalue weighted by molar-refractivity contribution is -0.155. The van der Waals surface area contributed by atoms with Crippen LogP contribution in [-0.2, 0) is 33.4 Å². The van der Waals surface area contributed by atoms with Crippen molar-refractivity contribution < 1.29 is 38.2 Å². The van der Waals surface area contributed by atoms with E-state index in [2.05, 4.69) is 10.3 Å². The lowest BCUT2D eigenvalue weighted by Crippen LogP contribution is -2.71. The van der Waals surface area contributed by atoms with Gasteiger partial charge < -0.3 is 24.5 Å². The predicted octanol–water partition coefficient (Wildman–Crippen LogP) is 2.51. The predicted molar refractivity (Wildman–Crippen MR) is 182 cm³/mol. The summed E-state index contributed by atoms with van der Waals surface area (Å²) < 4.78 is 16.8. The van der Waals surface area contributed by atoms with E-state index in [-0.39, 0.29) is 23.6 Å². The summed E-state index contributed by atoms with van der Waals surface area (Å²) in [4.78, 5) is 95.1. The second kappa shape index (κ2) is 15.1. The maximum atomic E-state index is 14.1. The van der Waals surface area contributed by atoms with Crippen LogP contribution < -0.4 is 16.6 Å². The first-order valence-electron chi connectivity index (χ1n) is 15.6. The summed E-state index contributed by atoms with van der Waals surface area (Å²) in [7, 11) is 0. The Morgan fingerprint density at radius 3 is 1.98 bits per heavy atom. The zero-order valence-electron chi connectivity index (χ0n) is 26.9. The molecular formula is C36H30N4O10S. The minimum absolute atomic E-state index is 0.100. The number of β-lactam (4-membered cyclic amide) rings is 1. The summed E-state index contributed by atoms with van der Waals surface area (Å²) in [5, 5.41) is 1.86. The molecule has 3 N–H and O–H groups in total. The molecular weight excluding hydrogens is 680 g/mol. The van der Waals surface area contributed by atoms with Gasteiger partial charge in [-0.05, 0) is 11.1 Å². The Hall–Kier alpha value is -6.22. The van der Waals surface area contributed by atoms with Crippen molar-refractivity contribution in [3.8, 4) is 0 Å². The molecule has 0 spiro atoms. The van der Waals surface area contributed by atoms with Crippen LogP contribution in [0.1, 0.15) is 46.3 Å². The van der Waals surface area contributed by atoms with Crippen LogP contribution in [0.4, 0.5) is 0 Å². The minimum Gasteiger partial charge on any atom is -0.461 e. The van der Waals surface area contributed by atoms with Crippen LogP contribution in [0.3, 0.4) is 0 Å². The maximum Gasteiger partial charge on any atom is 0.356 e. The van der Waals surface area contributed by atoms with Gasteiger partial charge in [0, 0.05) is 29.9 Å². The van der Waals surface area contributed by atoms with Crippen molar-refractivity contribution in [1.29, 1.82) is 0 Å². The molecule has 3 atom stereocenters. The topological polar surface area (TPSA) is 194 Å². The Labute approximate surface area is 293 Å². The third kappa shape index (κ3) is 7.68. The fourth-order valence-electron chi connectivity index (χ4n) is 5.60. The lowest BCUT2D eigenvalue weighted by Gasteiger charge is -2.50. The third-order valence-electron chi connectivity index (χ3n) is 7.96. The van der Waals surface area contributed by atoms with Gasteiger partial charge in [0.05, 0.1) is 0 Å². The van der Waals surface area contributed by atoms with Gasteiger partial charge in [0.15, 0.2) is 6.10 Å². The zero-order chi connectivity index (χ0) is 36.1. The first-order valence-corrected chi connectivity index (χ1v) is 16.7. The van der Waals surface area contributed by atoms with Crippen LogP contribution >= 0.6 is 11.8 Å². The Morgan fingerprint density at radius 1 is 0.824 bits per heavy atom. The number of ether oxygens (including phenoxy) is 3. The van der Waals surface area contributed by atoms with Gasteiger partial charge in [-0.2, -0.15) is 0 Å². The molecule has 15 heteroatoms. The number of aromatic amines is 2. The van der Waals surface area contributed by atoms with E-state index in [9.17, 15) is 33.6 Å². The molecule has 6 rings (SSSR count). The van der Waals surface area contributed by atoms with Crippen LogP contribution in [-0.4, -0.2) is 68.4 Å². The van der Waals surface area contributed by atoms with Crippen molar-refractivity contribution >= 4 is 41.5 Å². The molecule has 0 aliphatic carbocycles. The number of nitrogens with one attached hydrogen (secondary N) is 3. The summed E-state index contributed by atoms with van der Waals surface area (Å²) in [6.45, 7) is 0.958. The average Bonchev–Trinajstić information content (AvgIpc) is 3.14. The monoisotopic (exact) mass is 710 g/mol. The van der Waals surface area contributed by atoms with Gasteiger partial charge in [-0.3, -0.25) is 29.1 Å². The summed E-state index contributed by atoms with van der Waals surface area (Å²) in [6, 6.07) is 25.7. The highest BCUT2D eigenvalue weighted by Crippen LogP contribution is 2.42. The number of carbonyl (C=O) groups is 5. The fraction of sp³-hybridized carbons (Fsp3) is 0.194. The number of H-pyrrole nitrogens is 2. The van der Waals surface area contributed by atoms with Crippen molar-refractivity contribution in [3.05, 3.63) is 152 Å². The van der Waals surface area contributed by atoms with Gasteiger partial charge >= 0.3 is 23.6 Å². The first kappa shape index (κ1) is 34.6. The van der Waals surface area contributed by atoms with Gasteiger partial charge in [0.1, 0.15) is 29.4 Å². The molecule has 1 aromatic heterocycles. The molecule has 1 unspecified atom stereocenters. The Balaban J connectivity index is 1.26. The van der Waals surface area contributed by atoms with E-state index in [0.717, 1.165) is 6.07 Å². The first-order chi connectivity index (χ1) is 24.6. The van der Waals surface area contributed by atoms with E-state index < -0.39 is 70.3 Å². The third-order valence-corrected chi connectivity index (χ3v) is 9.30. The van der Waals surface area contributed by atoms with E-state index >= 15 is 0 Å². The second-order valence-electron chi connectivity index (χ2n) is 11.4. The van der Waals surface area contributed by atoms with E-state index in [4.69, 9.17) is 14.2 Å². The van der Waals surface area contributed by atoms with Gasteiger partial charge in [-0.25, -0.2) is 14.4 Å². The molecule has 1 saturated heterocycles. The fourth-order valence-corrected chi connectivity index (χ4v) is 6.92. The number of hydrogen-bond acceptors (Lipinski definition) is 11. The summed E-state index contributed by atoms with van der Waals surface area (Å²) in [6.07, 6.45) is -2.42. The number of carbonyl (C=O) groups excluding carboxylic acids is 5. The maximum absolute atomic E-state index is 14.1. The van der Waals surface area contributed by atoms with Gasteiger partial charge in [0.25, 0.3) is 17.4 Å². The molecule has 4 aromatic rings. The largest absolute Gasteiger partial charge is 0.461 e. The normalized spacial score (nSPS) is 17.1. The van der Waals surface area contributed by atoms with Crippen LogP contribution in [0.2, 0.25) is 0 Å². The molecule has 3 heterocycles. The standard InChI is InChI=1S/C36H30N4O10S/c1-20(41)48-18-24-19-51-33-27(39-31(43)30(23-15-9-4-10-16-23)50-34(45)25-17-26(42)38-36(47)37-25)32(44)40(33)28(24)35(46)49-29(21-11-5-2-6-12-21)22-13-7-3-8-14-22/h2-17,27,29-30,33H,18-19H2,1H3,(H,39,43)(H2,37,38,42,47)/t27-,30?,33+/m0/s1. The van der Waals surface area contributed by atoms with Crippen molar-refractivity contribution in [3.63, 3.8) is 0 Å².